The Kier molecular flexibility index (Phi) is 5.60. The van der Waals surface area contributed by atoms with Gasteiger partial charge in [0.2, 0.25) is 19.4 Å². The Balaban J connectivity index is 1.03. The van der Waals surface area contributed by atoms with Gasteiger partial charge in [-0.3, -0.25) is 14.6 Å². The van der Waals surface area contributed by atoms with E-state index in [4.69, 9.17) is 23.7 Å². The average Bonchev–Trinajstić information content (AvgIpc) is 3.66. The Morgan fingerprint density at radius 2 is 1.42 bits per heavy atom. The summed E-state index contributed by atoms with van der Waals surface area (Å²) in [5.41, 5.74) is 3.06. The summed E-state index contributed by atoms with van der Waals surface area (Å²) >= 11 is 0. The fraction of sp³-hybridized carbons (Fsp3) is 0.276. The van der Waals surface area contributed by atoms with Crippen LogP contribution in [0.25, 0.3) is 6.08 Å². The third-order valence-corrected chi connectivity index (χ3v) is 7.30. The van der Waals surface area contributed by atoms with Crippen molar-refractivity contribution >= 4 is 11.9 Å². The minimum absolute atomic E-state index is 0.128. The van der Waals surface area contributed by atoms with E-state index in [1.54, 1.807) is 18.2 Å². The molecule has 0 atom stereocenters. The van der Waals surface area contributed by atoms with Crippen LogP contribution in [0.5, 0.6) is 34.5 Å². The van der Waals surface area contributed by atoms with Crippen LogP contribution in [0.2, 0.25) is 0 Å². The number of Topliss-reactive ketones (excluding diaryl/α,β-unsaturated/α-hetero) is 1. The molecule has 3 aromatic rings. The SMILES string of the molecule is O=C1/C(=C/c2ccc3c(c2)OCO3)Oc2c1ccc(O)c2CN1CCN(Cc2ccc3c(c2)OCO3)CC1. The molecular weight excluding hydrogens is 488 g/mol. The number of ether oxygens (including phenoxy) is 5. The first-order valence-corrected chi connectivity index (χ1v) is 12.6. The number of benzene rings is 3. The number of hydrogen-bond donors (Lipinski definition) is 1. The fourth-order valence-corrected chi connectivity index (χ4v) is 5.23. The van der Waals surface area contributed by atoms with Crippen molar-refractivity contribution in [1.82, 2.24) is 9.80 Å². The molecule has 194 valence electrons. The van der Waals surface area contributed by atoms with E-state index < -0.39 is 0 Å². The zero-order valence-corrected chi connectivity index (χ0v) is 20.6. The number of rotatable bonds is 5. The zero-order chi connectivity index (χ0) is 25.6. The molecule has 0 aliphatic carbocycles. The second-order valence-corrected chi connectivity index (χ2v) is 9.73. The number of fused-ring (bicyclic) bond motifs is 3. The maximum absolute atomic E-state index is 13.1. The lowest BCUT2D eigenvalue weighted by Gasteiger charge is -2.35. The van der Waals surface area contributed by atoms with Gasteiger partial charge in [-0.15, -0.1) is 0 Å². The van der Waals surface area contributed by atoms with Crippen LogP contribution in [-0.4, -0.2) is 60.5 Å². The van der Waals surface area contributed by atoms with E-state index in [1.807, 2.05) is 30.3 Å². The quantitative estimate of drug-likeness (QED) is 0.511. The highest BCUT2D eigenvalue weighted by molar-refractivity contribution is 6.15. The lowest BCUT2D eigenvalue weighted by Crippen LogP contribution is -2.45. The van der Waals surface area contributed by atoms with Crippen molar-refractivity contribution in [3.63, 3.8) is 0 Å². The van der Waals surface area contributed by atoms with E-state index in [-0.39, 0.29) is 30.9 Å². The molecule has 4 heterocycles. The number of ketones is 1. The summed E-state index contributed by atoms with van der Waals surface area (Å²) in [6.07, 6.45) is 1.69. The molecule has 4 aliphatic rings. The number of carbonyl (C=O) groups is 1. The molecule has 0 saturated carbocycles. The Morgan fingerprint density at radius 1 is 0.763 bits per heavy atom. The maximum Gasteiger partial charge on any atom is 0.231 e. The summed E-state index contributed by atoms with van der Waals surface area (Å²) in [6, 6.07) is 14.8. The van der Waals surface area contributed by atoms with Crippen LogP contribution in [0, 0.1) is 0 Å². The Morgan fingerprint density at radius 3 is 2.18 bits per heavy atom. The number of carbonyl (C=O) groups excluding carboxylic acids is 1. The number of hydrogen-bond acceptors (Lipinski definition) is 9. The summed E-state index contributed by atoms with van der Waals surface area (Å²) in [7, 11) is 0. The molecule has 0 aromatic heterocycles. The first-order chi connectivity index (χ1) is 18.6. The number of aromatic hydroxyl groups is 1. The van der Waals surface area contributed by atoms with Crippen molar-refractivity contribution in [1.29, 1.82) is 0 Å². The molecule has 0 spiro atoms. The number of phenols is 1. The van der Waals surface area contributed by atoms with Crippen LogP contribution in [-0.2, 0) is 13.1 Å². The van der Waals surface area contributed by atoms with E-state index >= 15 is 0 Å². The van der Waals surface area contributed by atoms with Gasteiger partial charge in [-0.2, -0.15) is 0 Å². The maximum atomic E-state index is 13.1. The van der Waals surface area contributed by atoms with Crippen LogP contribution < -0.4 is 23.7 Å². The van der Waals surface area contributed by atoms with Crippen molar-refractivity contribution < 1.29 is 33.6 Å². The van der Waals surface area contributed by atoms with Crippen LogP contribution in [0.3, 0.4) is 0 Å². The second kappa shape index (κ2) is 9.27. The largest absolute Gasteiger partial charge is 0.507 e. The Bertz CT molecular complexity index is 1460. The van der Waals surface area contributed by atoms with Gasteiger partial charge in [0.1, 0.15) is 11.5 Å². The number of phenolic OH excluding ortho intramolecular Hbond substituents is 1. The van der Waals surface area contributed by atoms with Gasteiger partial charge in [0.15, 0.2) is 28.8 Å². The van der Waals surface area contributed by atoms with Gasteiger partial charge in [-0.1, -0.05) is 12.1 Å². The van der Waals surface area contributed by atoms with E-state index in [0.29, 0.717) is 34.9 Å². The molecule has 38 heavy (non-hydrogen) atoms. The van der Waals surface area contributed by atoms with E-state index in [9.17, 15) is 9.90 Å². The monoisotopic (exact) mass is 514 g/mol. The van der Waals surface area contributed by atoms with Crippen LogP contribution in [0.1, 0.15) is 27.0 Å². The van der Waals surface area contributed by atoms with E-state index in [1.165, 1.54) is 5.56 Å². The molecule has 4 aliphatic heterocycles. The van der Waals surface area contributed by atoms with Crippen molar-refractivity contribution in [3.05, 3.63) is 76.5 Å². The highest BCUT2D eigenvalue weighted by atomic mass is 16.7. The van der Waals surface area contributed by atoms with Gasteiger partial charge in [-0.25, -0.2) is 0 Å². The van der Waals surface area contributed by atoms with Crippen LogP contribution >= 0.6 is 0 Å². The predicted octanol–water partition coefficient (Wildman–Crippen LogP) is 3.78. The summed E-state index contributed by atoms with van der Waals surface area (Å²) < 4.78 is 27.8. The van der Waals surface area contributed by atoms with Gasteiger partial charge in [-0.05, 0) is 53.6 Å². The molecule has 9 heteroatoms. The van der Waals surface area contributed by atoms with Crippen molar-refractivity contribution in [2.45, 2.75) is 13.1 Å². The standard InChI is InChI=1S/C29H26N2O7/c32-22-4-3-20-28(33)27(12-18-1-5-23-25(11-18)36-16-34-23)38-29(20)21(22)15-31-9-7-30(8-10-31)14-19-2-6-24-26(13-19)37-17-35-24/h1-6,11-13,32H,7-10,14-17H2/b27-12-. The molecule has 1 N–H and O–H groups in total. The molecule has 0 bridgehead atoms. The minimum atomic E-state index is -0.201. The molecule has 0 amide bonds. The topological polar surface area (TPSA) is 89.9 Å². The number of allylic oxidation sites excluding steroid dienone is 1. The zero-order valence-electron chi connectivity index (χ0n) is 20.6. The molecule has 0 radical (unpaired) electrons. The van der Waals surface area contributed by atoms with Gasteiger partial charge >= 0.3 is 0 Å². The lowest BCUT2D eigenvalue weighted by molar-refractivity contribution is 0.101. The van der Waals surface area contributed by atoms with Crippen molar-refractivity contribution in [2.24, 2.45) is 0 Å². The van der Waals surface area contributed by atoms with Crippen LogP contribution in [0.15, 0.2) is 54.3 Å². The van der Waals surface area contributed by atoms with Gasteiger partial charge in [0.25, 0.3) is 0 Å². The number of nitrogens with zero attached hydrogens (tertiary/aromatic N) is 2. The first-order valence-electron chi connectivity index (χ1n) is 12.6. The molecule has 7 rings (SSSR count). The molecule has 3 aromatic carbocycles. The highest BCUT2D eigenvalue weighted by Crippen LogP contribution is 2.41. The minimum Gasteiger partial charge on any atom is -0.507 e. The van der Waals surface area contributed by atoms with E-state index in [0.717, 1.165) is 49.8 Å². The lowest BCUT2D eigenvalue weighted by atomic mass is 10.0. The number of piperazine rings is 1. The van der Waals surface area contributed by atoms with E-state index in [2.05, 4.69) is 15.9 Å². The summed E-state index contributed by atoms with van der Waals surface area (Å²) in [5.74, 6) is 3.50. The van der Waals surface area contributed by atoms with Crippen molar-refractivity contribution in [2.75, 3.05) is 39.8 Å². The highest BCUT2D eigenvalue weighted by Gasteiger charge is 2.32. The molecular formula is C29H26N2O7. The van der Waals surface area contributed by atoms with Crippen molar-refractivity contribution in [3.8, 4) is 34.5 Å². The first kappa shape index (κ1) is 22.9. The van der Waals surface area contributed by atoms with Gasteiger partial charge < -0.3 is 28.8 Å². The van der Waals surface area contributed by atoms with Crippen LogP contribution in [0.4, 0.5) is 0 Å². The third-order valence-electron chi connectivity index (χ3n) is 7.30. The second-order valence-electron chi connectivity index (χ2n) is 9.73. The predicted molar refractivity (Wildman–Crippen MR) is 137 cm³/mol. The Hall–Kier alpha value is -4.21. The normalized spacial score (nSPS) is 19.2. The fourth-order valence-electron chi connectivity index (χ4n) is 5.23. The summed E-state index contributed by atoms with van der Waals surface area (Å²) in [6.45, 7) is 5.24. The molecule has 9 nitrogen and oxygen atoms in total. The molecule has 1 fully saturated rings. The third kappa shape index (κ3) is 4.19. The molecule has 0 unspecified atom stereocenters. The smallest absolute Gasteiger partial charge is 0.231 e. The van der Waals surface area contributed by atoms with Gasteiger partial charge in [0, 0.05) is 39.3 Å². The summed E-state index contributed by atoms with van der Waals surface area (Å²) in [4.78, 5) is 17.8. The Labute approximate surface area is 219 Å². The summed E-state index contributed by atoms with van der Waals surface area (Å²) in [5, 5.41) is 10.7. The van der Waals surface area contributed by atoms with Gasteiger partial charge in [0.05, 0.1) is 11.1 Å². The average molecular weight is 515 g/mol. The molecule has 1 saturated heterocycles.